The van der Waals surface area contributed by atoms with Gasteiger partial charge >= 0.3 is 0 Å². The molecule has 0 unspecified atom stereocenters. The maximum absolute atomic E-state index is 14.0. The van der Waals surface area contributed by atoms with Gasteiger partial charge in [0.15, 0.2) is 11.8 Å². The number of aliphatic imine (C=N–C) groups is 1. The summed E-state index contributed by atoms with van der Waals surface area (Å²) in [5.41, 5.74) is 0.671. The molecular formula is C18H26FN7. The molecule has 0 saturated carbocycles. The summed E-state index contributed by atoms with van der Waals surface area (Å²) in [7, 11) is 0. The van der Waals surface area contributed by atoms with E-state index in [4.69, 9.17) is 4.99 Å². The smallest absolute Gasteiger partial charge is 0.194 e. The molecule has 3 rings (SSSR count). The molecule has 1 fully saturated rings. The van der Waals surface area contributed by atoms with E-state index in [1.165, 1.54) is 6.07 Å². The second-order valence-electron chi connectivity index (χ2n) is 6.13. The Bertz CT molecular complexity index is 735. The Morgan fingerprint density at radius 2 is 1.96 bits per heavy atom. The second kappa shape index (κ2) is 8.64. The molecule has 0 atom stereocenters. The van der Waals surface area contributed by atoms with Crippen molar-refractivity contribution in [3.8, 4) is 0 Å². The van der Waals surface area contributed by atoms with Crippen molar-refractivity contribution < 1.29 is 4.39 Å². The molecule has 2 aromatic rings. The van der Waals surface area contributed by atoms with E-state index in [0.717, 1.165) is 51.1 Å². The Balaban J connectivity index is 1.65. The van der Waals surface area contributed by atoms with E-state index in [1.54, 1.807) is 12.4 Å². The van der Waals surface area contributed by atoms with Crippen molar-refractivity contribution in [1.82, 2.24) is 25.0 Å². The Kier molecular flexibility index (Phi) is 6.04. The number of para-hydroxylation sites is 1. The standard InChI is InChI=1S/C18H26FN7/c1-3-20-18(21-13-17-23-22-14-24(17)4-2)26-11-9-25(10-12-26)16-8-6-5-7-15(16)19/h5-8,14H,3-4,9-13H2,1-2H3,(H,20,21). The average Bonchev–Trinajstić information content (AvgIpc) is 3.13. The minimum atomic E-state index is -0.166. The molecule has 1 aromatic heterocycles. The van der Waals surface area contributed by atoms with Crippen molar-refractivity contribution in [2.45, 2.75) is 26.9 Å². The van der Waals surface area contributed by atoms with Crippen LogP contribution in [0.25, 0.3) is 0 Å². The van der Waals surface area contributed by atoms with Crippen LogP contribution in [-0.2, 0) is 13.1 Å². The van der Waals surface area contributed by atoms with Crippen LogP contribution < -0.4 is 10.2 Å². The average molecular weight is 359 g/mol. The topological polar surface area (TPSA) is 61.6 Å². The van der Waals surface area contributed by atoms with Crippen LogP contribution in [0.4, 0.5) is 10.1 Å². The summed E-state index contributed by atoms with van der Waals surface area (Å²) < 4.78 is 16.0. The predicted molar refractivity (Wildman–Crippen MR) is 101 cm³/mol. The summed E-state index contributed by atoms with van der Waals surface area (Å²) in [6.07, 6.45) is 1.73. The number of guanidine groups is 1. The van der Waals surface area contributed by atoms with Crippen molar-refractivity contribution in [1.29, 1.82) is 0 Å². The summed E-state index contributed by atoms with van der Waals surface area (Å²) in [4.78, 5) is 9.02. The molecule has 1 aliphatic rings. The highest BCUT2D eigenvalue weighted by molar-refractivity contribution is 5.80. The Labute approximate surface area is 153 Å². The molecule has 7 nitrogen and oxygen atoms in total. The molecule has 26 heavy (non-hydrogen) atoms. The van der Waals surface area contributed by atoms with Crippen molar-refractivity contribution in [2.75, 3.05) is 37.6 Å². The number of aryl methyl sites for hydroxylation is 1. The minimum Gasteiger partial charge on any atom is -0.366 e. The Morgan fingerprint density at radius 3 is 2.65 bits per heavy atom. The number of rotatable bonds is 5. The molecule has 0 bridgehead atoms. The van der Waals surface area contributed by atoms with Gasteiger partial charge < -0.3 is 19.7 Å². The van der Waals surface area contributed by atoms with Crippen molar-refractivity contribution in [2.24, 2.45) is 4.99 Å². The quantitative estimate of drug-likeness (QED) is 0.651. The molecule has 0 spiro atoms. The number of hydrogen-bond donors (Lipinski definition) is 1. The van der Waals surface area contributed by atoms with Gasteiger partial charge in [-0.05, 0) is 26.0 Å². The summed E-state index contributed by atoms with van der Waals surface area (Å²) in [5.74, 6) is 1.56. The lowest BCUT2D eigenvalue weighted by Crippen LogP contribution is -2.52. The largest absolute Gasteiger partial charge is 0.366 e. The SMILES string of the molecule is CCNC(=NCc1nncn1CC)N1CCN(c2ccccc2F)CC1. The van der Waals surface area contributed by atoms with Gasteiger partial charge in [-0.3, -0.25) is 0 Å². The number of anilines is 1. The predicted octanol–water partition coefficient (Wildman–Crippen LogP) is 1.72. The first kappa shape index (κ1) is 18.2. The highest BCUT2D eigenvalue weighted by atomic mass is 19.1. The van der Waals surface area contributed by atoms with Crippen molar-refractivity contribution in [3.63, 3.8) is 0 Å². The van der Waals surface area contributed by atoms with Crippen LogP contribution in [0.15, 0.2) is 35.6 Å². The fourth-order valence-corrected chi connectivity index (χ4v) is 3.10. The zero-order valence-electron chi connectivity index (χ0n) is 15.4. The molecule has 0 radical (unpaired) electrons. The lowest BCUT2D eigenvalue weighted by Gasteiger charge is -2.37. The first-order valence-electron chi connectivity index (χ1n) is 9.12. The van der Waals surface area contributed by atoms with E-state index < -0.39 is 0 Å². The monoisotopic (exact) mass is 359 g/mol. The highest BCUT2D eigenvalue weighted by Gasteiger charge is 2.21. The minimum absolute atomic E-state index is 0.166. The zero-order chi connectivity index (χ0) is 18.4. The van der Waals surface area contributed by atoms with Gasteiger partial charge in [0, 0.05) is 39.3 Å². The second-order valence-corrected chi connectivity index (χ2v) is 6.13. The lowest BCUT2D eigenvalue weighted by molar-refractivity contribution is 0.370. The highest BCUT2D eigenvalue weighted by Crippen LogP contribution is 2.20. The van der Waals surface area contributed by atoms with Crippen molar-refractivity contribution >= 4 is 11.6 Å². The summed E-state index contributed by atoms with van der Waals surface area (Å²) in [6.45, 7) is 9.34. The first-order valence-corrected chi connectivity index (χ1v) is 9.12. The number of hydrogen-bond acceptors (Lipinski definition) is 4. The molecule has 140 valence electrons. The molecule has 1 N–H and O–H groups in total. The van der Waals surface area contributed by atoms with Crippen LogP contribution in [-0.4, -0.2) is 58.3 Å². The maximum Gasteiger partial charge on any atom is 0.194 e. The fraction of sp³-hybridized carbons (Fsp3) is 0.500. The van der Waals surface area contributed by atoms with Gasteiger partial charge in [0.1, 0.15) is 18.7 Å². The van der Waals surface area contributed by atoms with E-state index in [-0.39, 0.29) is 5.82 Å². The molecule has 2 heterocycles. The van der Waals surface area contributed by atoms with E-state index in [1.807, 2.05) is 16.7 Å². The van der Waals surface area contributed by atoms with Gasteiger partial charge in [0.25, 0.3) is 0 Å². The number of aromatic nitrogens is 3. The molecule has 1 aromatic carbocycles. The molecule has 0 amide bonds. The van der Waals surface area contributed by atoms with Crippen LogP contribution in [0.5, 0.6) is 0 Å². The number of benzene rings is 1. The molecule has 1 aliphatic heterocycles. The van der Waals surface area contributed by atoms with Crippen LogP contribution in [0.3, 0.4) is 0 Å². The third kappa shape index (κ3) is 4.12. The molecule has 1 saturated heterocycles. The summed E-state index contributed by atoms with van der Waals surface area (Å²) >= 11 is 0. The van der Waals surface area contributed by atoms with Gasteiger partial charge in [-0.2, -0.15) is 0 Å². The number of nitrogens with one attached hydrogen (secondary N) is 1. The summed E-state index contributed by atoms with van der Waals surface area (Å²) in [6, 6.07) is 6.94. The maximum atomic E-state index is 14.0. The van der Waals surface area contributed by atoms with Crippen LogP contribution in [0, 0.1) is 5.82 Å². The van der Waals surface area contributed by atoms with Crippen LogP contribution >= 0.6 is 0 Å². The number of piperazine rings is 1. The third-order valence-electron chi connectivity index (χ3n) is 4.51. The van der Waals surface area contributed by atoms with Crippen molar-refractivity contribution in [3.05, 3.63) is 42.2 Å². The number of nitrogens with zero attached hydrogens (tertiary/aromatic N) is 6. The zero-order valence-corrected chi connectivity index (χ0v) is 15.4. The van der Waals surface area contributed by atoms with Gasteiger partial charge in [-0.1, -0.05) is 12.1 Å². The van der Waals surface area contributed by atoms with E-state index in [2.05, 4.69) is 39.2 Å². The Morgan fingerprint density at radius 1 is 1.19 bits per heavy atom. The van der Waals surface area contributed by atoms with Gasteiger partial charge in [-0.15, -0.1) is 10.2 Å². The van der Waals surface area contributed by atoms with E-state index in [9.17, 15) is 4.39 Å². The third-order valence-corrected chi connectivity index (χ3v) is 4.51. The molecule has 8 heteroatoms. The fourth-order valence-electron chi connectivity index (χ4n) is 3.10. The molecule has 0 aliphatic carbocycles. The number of halogens is 1. The normalized spacial score (nSPS) is 15.4. The van der Waals surface area contributed by atoms with E-state index >= 15 is 0 Å². The summed E-state index contributed by atoms with van der Waals surface area (Å²) in [5, 5.41) is 11.4. The molecular weight excluding hydrogens is 333 g/mol. The van der Waals surface area contributed by atoms with Crippen LogP contribution in [0.1, 0.15) is 19.7 Å². The van der Waals surface area contributed by atoms with Gasteiger partial charge in [0.05, 0.1) is 5.69 Å². The van der Waals surface area contributed by atoms with Crippen LogP contribution in [0.2, 0.25) is 0 Å². The Hall–Kier alpha value is -2.64. The van der Waals surface area contributed by atoms with Gasteiger partial charge in [0.2, 0.25) is 0 Å². The lowest BCUT2D eigenvalue weighted by atomic mass is 10.2. The van der Waals surface area contributed by atoms with E-state index in [0.29, 0.717) is 12.2 Å². The first-order chi connectivity index (χ1) is 12.7. The van der Waals surface area contributed by atoms with Gasteiger partial charge in [-0.25, -0.2) is 9.38 Å².